The predicted octanol–water partition coefficient (Wildman–Crippen LogP) is 4.98. The van der Waals surface area contributed by atoms with E-state index in [4.69, 9.17) is 0 Å². The summed E-state index contributed by atoms with van der Waals surface area (Å²) < 4.78 is 1.43. The first-order valence-corrected chi connectivity index (χ1v) is 6.61. The Balaban J connectivity index is 2.81. The molecule has 1 heteroatoms. The second-order valence-electron chi connectivity index (χ2n) is 3.80. The maximum atomic E-state index is 2.45. The van der Waals surface area contributed by atoms with Gasteiger partial charge in [-0.3, -0.25) is 0 Å². The fourth-order valence-electron chi connectivity index (χ4n) is 1.96. The van der Waals surface area contributed by atoms with E-state index in [-0.39, 0.29) is 0 Å². The van der Waals surface area contributed by atoms with Crippen molar-refractivity contribution in [1.82, 2.24) is 0 Å². The molecule has 1 rings (SSSR count). The highest BCUT2D eigenvalue weighted by molar-refractivity contribution is 14.1. The molecule has 1 aromatic rings. The summed E-state index contributed by atoms with van der Waals surface area (Å²) >= 11 is 2.45. The highest BCUT2D eigenvalue weighted by atomic mass is 127. The second-order valence-corrected chi connectivity index (χ2v) is 4.96. The van der Waals surface area contributed by atoms with Crippen LogP contribution < -0.4 is 0 Å². The molecule has 78 valence electrons. The predicted molar refractivity (Wildman–Crippen MR) is 71.7 cm³/mol. The summed E-state index contributed by atoms with van der Waals surface area (Å²) in [5.74, 6) is 0.776. The van der Waals surface area contributed by atoms with Gasteiger partial charge in [0.15, 0.2) is 0 Å². The number of hydrogen-bond acceptors (Lipinski definition) is 0. The van der Waals surface area contributed by atoms with Crippen LogP contribution in [0.4, 0.5) is 0 Å². The Morgan fingerprint density at radius 3 is 2.14 bits per heavy atom. The Morgan fingerprint density at radius 2 is 1.64 bits per heavy atom. The molecule has 0 saturated heterocycles. The Labute approximate surface area is 101 Å². The Bertz CT molecular complexity index is 262. The molecule has 1 aromatic carbocycles. The number of hydrogen-bond donors (Lipinski definition) is 0. The minimum Gasteiger partial charge on any atom is -0.0654 e. The molecule has 0 saturated carbocycles. The van der Waals surface area contributed by atoms with E-state index >= 15 is 0 Å². The van der Waals surface area contributed by atoms with Crippen molar-refractivity contribution < 1.29 is 0 Å². The molecule has 0 heterocycles. The van der Waals surface area contributed by atoms with Crippen molar-refractivity contribution >= 4 is 22.6 Å². The van der Waals surface area contributed by atoms with E-state index in [1.54, 1.807) is 5.56 Å². The van der Waals surface area contributed by atoms with Crippen LogP contribution in [-0.4, -0.2) is 0 Å². The van der Waals surface area contributed by atoms with Crippen LogP contribution in [0, 0.1) is 3.57 Å². The van der Waals surface area contributed by atoms with Crippen LogP contribution in [0.2, 0.25) is 0 Å². The zero-order chi connectivity index (χ0) is 10.4. The first-order valence-electron chi connectivity index (χ1n) is 5.54. The van der Waals surface area contributed by atoms with Crippen LogP contribution in [0.3, 0.4) is 0 Å². The lowest BCUT2D eigenvalue weighted by molar-refractivity contribution is 0.559. The van der Waals surface area contributed by atoms with Crippen LogP contribution in [0.15, 0.2) is 24.3 Å². The monoisotopic (exact) mass is 302 g/mol. The van der Waals surface area contributed by atoms with Gasteiger partial charge in [-0.05, 0) is 53.0 Å². The largest absolute Gasteiger partial charge is 0.0654 e. The highest BCUT2D eigenvalue weighted by Crippen LogP contribution is 2.29. The van der Waals surface area contributed by atoms with Crippen molar-refractivity contribution in [2.24, 2.45) is 0 Å². The lowest BCUT2D eigenvalue weighted by atomic mass is 9.90. The summed E-state index contributed by atoms with van der Waals surface area (Å²) in [4.78, 5) is 0. The second kappa shape index (κ2) is 6.44. The van der Waals surface area contributed by atoms with Gasteiger partial charge >= 0.3 is 0 Å². The molecule has 0 amide bonds. The fourth-order valence-corrected chi connectivity index (χ4v) is 2.79. The summed E-state index contributed by atoms with van der Waals surface area (Å²) in [5, 5.41) is 0. The maximum Gasteiger partial charge on any atom is 0.0165 e. The highest BCUT2D eigenvalue weighted by Gasteiger charge is 2.11. The van der Waals surface area contributed by atoms with Gasteiger partial charge in [-0.25, -0.2) is 0 Å². The number of halogens is 1. The van der Waals surface area contributed by atoms with Gasteiger partial charge in [-0.1, -0.05) is 44.9 Å². The van der Waals surface area contributed by atoms with Crippen LogP contribution in [0.5, 0.6) is 0 Å². The summed E-state index contributed by atoms with van der Waals surface area (Å²) in [6.07, 6.45) is 5.23. The summed E-state index contributed by atoms with van der Waals surface area (Å²) in [6.45, 7) is 4.55. The Morgan fingerprint density at radius 1 is 1.07 bits per heavy atom. The van der Waals surface area contributed by atoms with E-state index in [0.29, 0.717) is 0 Å². The minimum atomic E-state index is 0.776. The SMILES string of the molecule is CCCC(CCC)c1ccccc1I. The van der Waals surface area contributed by atoms with Crippen molar-refractivity contribution in [3.8, 4) is 0 Å². The van der Waals surface area contributed by atoms with Gasteiger partial charge in [0.05, 0.1) is 0 Å². The lowest BCUT2D eigenvalue weighted by Crippen LogP contribution is -2.00. The normalized spacial score (nSPS) is 10.9. The molecule has 0 atom stereocenters. The van der Waals surface area contributed by atoms with Gasteiger partial charge < -0.3 is 0 Å². The molecule has 0 aliphatic rings. The molecule has 0 aliphatic carbocycles. The lowest BCUT2D eigenvalue weighted by Gasteiger charge is -2.17. The topological polar surface area (TPSA) is 0 Å². The van der Waals surface area contributed by atoms with Crippen LogP contribution in [0.25, 0.3) is 0 Å². The zero-order valence-electron chi connectivity index (χ0n) is 9.09. The Kier molecular flexibility index (Phi) is 5.53. The molecule has 0 unspecified atom stereocenters. The van der Waals surface area contributed by atoms with Crippen LogP contribution in [0.1, 0.15) is 51.0 Å². The third-order valence-electron chi connectivity index (χ3n) is 2.62. The molecular weight excluding hydrogens is 283 g/mol. The average Bonchev–Trinajstić information content (AvgIpc) is 2.18. The van der Waals surface area contributed by atoms with Crippen molar-refractivity contribution in [2.45, 2.75) is 45.4 Å². The zero-order valence-corrected chi connectivity index (χ0v) is 11.3. The quantitative estimate of drug-likeness (QED) is 0.673. The van der Waals surface area contributed by atoms with E-state index in [1.807, 2.05) is 0 Å². The van der Waals surface area contributed by atoms with Gasteiger partial charge in [0.25, 0.3) is 0 Å². The molecular formula is C13H19I. The molecule has 0 aliphatic heterocycles. The molecule has 0 spiro atoms. The minimum absolute atomic E-state index is 0.776. The Hall–Kier alpha value is -0.0500. The summed E-state index contributed by atoms with van der Waals surface area (Å²) in [5.41, 5.74) is 1.55. The maximum absolute atomic E-state index is 2.45. The third kappa shape index (κ3) is 3.26. The van der Waals surface area contributed by atoms with Gasteiger partial charge in [-0.15, -0.1) is 0 Å². The van der Waals surface area contributed by atoms with E-state index in [0.717, 1.165) is 5.92 Å². The first kappa shape index (κ1) is 12.0. The van der Waals surface area contributed by atoms with Gasteiger partial charge in [0, 0.05) is 3.57 Å². The average molecular weight is 302 g/mol. The molecule has 0 nitrogen and oxygen atoms in total. The van der Waals surface area contributed by atoms with Crippen molar-refractivity contribution in [3.63, 3.8) is 0 Å². The van der Waals surface area contributed by atoms with Crippen LogP contribution in [-0.2, 0) is 0 Å². The molecule has 14 heavy (non-hydrogen) atoms. The van der Waals surface area contributed by atoms with Crippen molar-refractivity contribution in [1.29, 1.82) is 0 Å². The molecule has 0 fully saturated rings. The van der Waals surface area contributed by atoms with E-state index in [2.05, 4.69) is 60.7 Å². The first-order chi connectivity index (χ1) is 6.79. The number of benzene rings is 1. The van der Waals surface area contributed by atoms with E-state index in [9.17, 15) is 0 Å². The van der Waals surface area contributed by atoms with Crippen molar-refractivity contribution in [2.75, 3.05) is 0 Å². The van der Waals surface area contributed by atoms with Gasteiger partial charge in [0.1, 0.15) is 0 Å². The van der Waals surface area contributed by atoms with Gasteiger partial charge in [0.2, 0.25) is 0 Å². The smallest absolute Gasteiger partial charge is 0.0165 e. The molecule has 0 aromatic heterocycles. The summed E-state index contributed by atoms with van der Waals surface area (Å²) in [7, 11) is 0. The summed E-state index contributed by atoms with van der Waals surface area (Å²) in [6, 6.07) is 8.79. The molecule has 0 N–H and O–H groups in total. The van der Waals surface area contributed by atoms with Gasteiger partial charge in [-0.2, -0.15) is 0 Å². The third-order valence-corrected chi connectivity index (χ3v) is 3.60. The van der Waals surface area contributed by atoms with Crippen LogP contribution >= 0.6 is 22.6 Å². The molecule has 0 radical (unpaired) electrons. The van der Waals surface area contributed by atoms with E-state index in [1.165, 1.54) is 29.3 Å². The van der Waals surface area contributed by atoms with Crippen molar-refractivity contribution in [3.05, 3.63) is 33.4 Å². The fraction of sp³-hybridized carbons (Fsp3) is 0.538. The van der Waals surface area contributed by atoms with E-state index < -0.39 is 0 Å². The number of rotatable bonds is 5. The molecule has 0 bridgehead atoms. The standard InChI is InChI=1S/C13H19I/c1-3-7-11(8-4-2)12-9-5-6-10-13(12)14/h5-6,9-11H,3-4,7-8H2,1-2H3.